The van der Waals surface area contributed by atoms with Crippen LogP contribution in [0.3, 0.4) is 0 Å². The first-order valence-electron chi connectivity index (χ1n) is 4.83. The summed E-state index contributed by atoms with van der Waals surface area (Å²) < 4.78 is 38.2. The van der Waals surface area contributed by atoms with Crippen molar-refractivity contribution in [3.8, 4) is 0 Å². The SMILES string of the molecule is CCNC1(C(F)(F)F)CCCCC1. The van der Waals surface area contributed by atoms with Gasteiger partial charge in [-0.3, -0.25) is 0 Å². The average Bonchev–Trinajstić information content (AvgIpc) is 2.04. The molecule has 0 unspecified atom stereocenters. The van der Waals surface area contributed by atoms with Crippen molar-refractivity contribution in [2.75, 3.05) is 6.54 Å². The number of rotatable bonds is 2. The maximum Gasteiger partial charge on any atom is 0.406 e. The Labute approximate surface area is 76.7 Å². The largest absolute Gasteiger partial charge is 0.406 e. The first kappa shape index (κ1) is 10.8. The minimum Gasteiger partial charge on any atom is -0.304 e. The maximum atomic E-state index is 12.7. The van der Waals surface area contributed by atoms with Crippen LogP contribution >= 0.6 is 0 Å². The lowest BCUT2D eigenvalue weighted by atomic mass is 9.81. The Kier molecular flexibility index (Phi) is 3.22. The third kappa shape index (κ3) is 2.16. The molecule has 4 heteroatoms. The van der Waals surface area contributed by atoms with Gasteiger partial charge in [-0.2, -0.15) is 13.2 Å². The Morgan fingerprint density at radius 1 is 1.15 bits per heavy atom. The molecule has 0 aromatic carbocycles. The Hall–Kier alpha value is -0.250. The molecule has 1 nitrogen and oxygen atoms in total. The fourth-order valence-electron chi connectivity index (χ4n) is 2.05. The Morgan fingerprint density at radius 2 is 1.69 bits per heavy atom. The fourth-order valence-corrected chi connectivity index (χ4v) is 2.05. The van der Waals surface area contributed by atoms with E-state index in [1.165, 1.54) is 0 Å². The zero-order chi connectivity index (χ0) is 9.95. The molecule has 0 amide bonds. The van der Waals surface area contributed by atoms with Crippen LogP contribution in [0.15, 0.2) is 0 Å². The summed E-state index contributed by atoms with van der Waals surface area (Å²) in [5.74, 6) is 0. The predicted octanol–water partition coefficient (Wildman–Crippen LogP) is 2.86. The second-order valence-corrected chi connectivity index (χ2v) is 3.67. The molecule has 13 heavy (non-hydrogen) atoms. The minimum absolute atomic E-state index is 0.240. The summed E-state index contributed by atoms with van der Waals surface area (Å²) in [6.45, 7) is 2.11. The van der Waals surface area contributed by atoms with Crippen LogP contribution < -0.4 is 5.32 Å². The molecule has 0 saturated heterocycles. The summed E-state index contributed by atoms with van der Waals surface area (Å²) in [6, 6.07) is 0. The van der Waals surface area contributed by atoms with E-state index < -0.39 is 11.7 Å². The molecular weight excluding hydrogens is 179 g/mol. The number of hydrogen-bond acceptors (Lipinski definition) is 1. The number of nitrogens with one attached hydrogen (secondary N) is 1. The highest BCUT2D eigenvalue weighted by molar-refractivity contribution is 4.96. The van der Waals surface area contributed by atoms with Crippen molar-refractivity contribution in [3.05, 3.63) is 0 Å². The van der Waals surface area contributed by atoms with Crippen LogP contribution in [0, 0.1) is 0 Å². The molecule has 0 bridgehead atoms. The molecule has 1 fully saturated rings. The van der Waals surface area contributed by atoms with Gasteiger partial charge < -0.3 is 5.32 Å². The predicted molar refractivity (Wildman–Crippen MR) is 45.5 cm³/mol. The number of hydrogen-bond donors (Lipinski definition) is 1. The summed E-state index contributed by atoms with van der Waals surface area (Å²) in [7, 11) is 0. The van der Waals surface area contributed by atoms with Gasteiger partial charge in [0.1, 0.15) is 5.54 Å². The monoisotopic (exact) mass is 195 g/mol. The first-order chi connectivity index (χ1) is 6.02. The van der Waals surface area contributed by atoms with Gasteiger partial charge in [0.15, 0.2) is 0 Å². The van der Waals surface area contributed by atoms with E-state index in [9.17, 15) is 13.2 Å². The van der Waals surface area contributed by atoms with Crippen LogP contribution in [-0.4, -0.2) is 18.3 Å². The van der Waals surface area contributed by atoms with Crippen LogP contribution in [0.2, 0.25) is 0 Å². The summed E-state index contributed by atoms with van der Waals surface area (Å²) >= 11 is 0. The van der Waals surface area contributed by atoms with Gasteiger partial charge in [-0.1, -0.05) is 26.2 Å². The van der Waals surface area contributed by atoms with Gasteiger partial charge in [-0.05, 0) is 19.4 Å². The average molecular weight is 195 g/mol. The Morgan fingerprint density at radius 3 is 2.08 bits per heavy atom. The van der Waals surface area contributed by atoms with Gasteiger partial charge in [-0.15, -0.1) is 0 Å². The molecule has 1 N–H and O–H groups in total. The van der Waals surface area contributed by atoms with E-state index in [1.54, 1.807) is 6.92 Å². The molecule has 0 heterocycles. The fraction of sp³-hybridized carbons (Fsp3) is 1.00. The topological polar surface area (TPSA) is 12.0 Å². The van der Waals surface area contributed by atoms with Crippen LogP contribution in [0.25, 0.3) is 0 Å². The lowest BCUT2D eigenvalue weighted by molar-refractivity contribution is -0.205. The van der Waals surface area contributed by atoms with E-state index in [2.05, 4.69) is 5.32 Å². The third-order valence-electron chi connectivity index (χ3n) is 2.76. The molecule has 1 aliphatic rings. The van der Waals surface area contributed by atoms with Crippen molar-refractivity contribution in [1.29, 1.82) is 0 Å². The van der Waals surface area contributed by atoms with Gasteiger partial charge in [0.25, 0.3) is 0 Å². The van der Waals surface area contributed by atoms with Crippen molar-refractivity contribution >= 4 is 0 Å². The van der Waals surface area contributed by atoms with E-state index in [4.69, 9.17) is 0 Å². The van der Waals surface area contributed by atoms with Crippen LogP contribution in [0.4, 0.5) is 13.2 Å². The molecule has 0 aromatic heterocycles. The summed E-state index contributed by atoms with van der Waals surface area (Å²) in [4.78, 5) is 0. The third-order valence-corrected chi connectivity index (χ3v) is 2.76. The maximum absolute atomic E-state index is 12.7. The molecule has 0 aliphatic heterocycles. The first-order valence-corrected chi connectivity index (χ1v) is 4.83. The zero-order valence-electron chi connectivity index (χ0n) is 7.88. The quantitative estimate of drug-likeness (QED) is 0.714. The smallest absolute Gasteiger partial charge is 0.304 e. The highest BCUT2D eigenvalue weighted by Gasteiger charge is 2.53. The highest BCUT2D eigenvalue weighted by atomic mass is 19.4. The van der Waals surface area contributed by atoms with Gasteiger partial charge in [0.2, 0.25) is 0 Å². The van der Waals surface area contributed by atoms with E-state index in [-0.39, 0.29) is 12.8 Å². The van der Waals surface area contributed by atoms with E-state index in [0.29, 0.717) is 19.4 Å². The molecule has 78 valence electrons. The molecular formula is C9H16F3N. The summed E-state index contributed by atoms with van der Waals surface area (Å²) in [5.41, 5.74) is -1.58. The lowest BCUT2D eigenvalue weighted by Gasteiger charge is -2.39. The minimum atomic E-state index is -4.09. The zero-order valence-corrected chi connectivity index (χ0v) is 7.88. The molecule has 0 atom stereocenters. The molecule has 0 aromatic rings. The molecule has 1 saturated carbocycles. The van der Waals surface area contributed by atoms with Gasteiger partial charge in [-0.25, -0.2) is 0 Å². The van der Waals surface area contributed by atoms with Crippen molar-refractivity contribution in [3.63, 3.8) is 0 Å². The standard InChI is InChI=1S/C9H16F3N/c1-2-13-8(9(10,11)12)6-4-3-5-7-8/h13H,2-7H2,1H3. The van der Waals surface area contributed by atoms with Gasteiger partial charge in [0, 0.05) is 0 Å². The number of halogens is 3. The normalized spacial score (nSPS) is 23.1. The second kappa shape index (κ2) is 3.86. The molecule has 0 spiro atoms. The van der Waals surface area contributed by atoms with Gasteiger partial charge >= 0.3 is 6.18 Å². The highest BCUT2D eigenvalue weighted by Crippen LogP contribution is 2.41. The van der Waals surface area contributed by atoms with Crippen molar-refractivity contribution in [2.45, 2.75) is 50.7 Å². The van der Waals surface area contributed by atoms with Crippen molar-refractivity contribution in [1.82, 2.24) is 5.32 Å². The van der Waals surface area contributed by atoms with Crippen LogP contribution in [0.5, 0.6) is 0 Å². The van der Waals surface area contributed by atoms with E-state index >= 15 is 0 Å². The second-order valence-electron chi connectivity index (χ2n) is 3.67. The number of alkyl halides is 3. The van der Waals surface area contributed by atoms with Crippen LogP contribution in [0.1, 0.15) is 39.0 Å². The Balaban J connectivity index is 2.73. The summed E-state index contributed by atoms with van der Waals surface area (Å²) in [5, 5.41) is 2.61. The molecule has 1 aliphatic carbocycles. The van der Waals surface area contributed by atoms with E-state index in [0.717, 1.165) is 6.42 Å². The Bertz CT molecular complexity index is 153. The van der Waals surface area contributed by atoms with Crippen molar-refractivity contribution in [2.24, 2.45) is 0 Å². The molecule has 1 rings (SSSR count). The van der Waals surface area contributed by atoms with E-state index in [1.807, 2.05) is 0 Å². The summed E-state index contributed by atoms with van der Waals surface area (Å²) in [6.07, 6.45) is -1.31. The molecule has 0 radical (unpaired) electrons. The van der Waals surface area contributed by atoms with Crippen molar-refractivity contribution < 1.29 is 13.2 Å². The van der Waals surface area contributed by atoms with Crippen LogP contribution in [-0.2, 0) is 0 Å². The lowest BCUT2D eigenvalue weighted by Crippen LogP contribution is -2.57. The van der Waals surface area contributed by atoms with Gasteiger partial charge in [0.05, 0.1) is 0 Å².